The highest BCUT2D eigenvalue weighted by Crippen LogP contribution is 2.25. The van der Waals surface area contributed by atoms with Crippen LogP contribution in [0.4, 0.5) is 16.0 Å². The first kappa shape index (κ1) is 14.3. The van der Waals surface area contributed by atoms with Crippen molar-refractivity contribution in [3.8, 4) is 6.07 Å². The van der Waals surface area contributed by atoms with Gasteiger partial charge < -0.3 is 9.80 Å². The number of benzene rings is 1. The molecule has 2 aromatic rings. The van der Waals surface area contributed by atoms with E-state index in [9.17, 15) is 4.39 Å². The third-order valence-electron chi connectivity index (χ3n) is 3.96. The third kappa shape index (κ3) is 2.84. The van der Waals surface area contributed by atoms with Gasteiger partial charge in [0.05, 0.1) is 17.7 Å². The number of halogens is 1. The van der Waals surface area contributed by atoms with E-state index in [2.05, 4.69) is 14.9 Å². The Kier molecular flexibility index (Phi) is 3.88. The number of hydrogen-bond donors (Lipinski definition) is 0. The first-order chi connectivity index (χ1) is 10.7. The van der Waals surface area contributed by atoms with E-state index in [1.54, 1.807) is 24.5 Å². The summed E-state index contributed by atoms with van der Waals surface area (Å²) < 4.78 is 13.6. The van der Waals surface area contributed by atoms with Crippen molar-refractivity contribution in [2.24, 2.45) is 0 Å². The molecular formula is C16H16FN5. The van der Waals surface area contributed by atoms with Crippen LogP contribution in [0.15, 0.2) is 36.7 Å². The quantitative estimate of drug-likeness (QED) is 0.869. The van der Waals surface area contributed by atoms with Gasteiger partial charge in [-0.25, -0.2) is 14.4 Å². The highest BCUT2D eigenvalue weighted by molar-refractivity contribution is 5.53. The van der Waals surface area contributed by atoms with Crippen molar-refractivity contribution in [1.29, 1.82) is 5.26 Å². The molecule has 2 heterocycles. The highest BCUT2D eigenvalue weighted by Gasteiger charge is 2.27. The van der Waals surface area contributed by atoms with Crippen LogP contribution in [0.5, 0.6) is 0 Å². The van der Waals surface area contributed by atoms with Gasteiger partial charge in [0.2, 0.25) is 5.95 Å². The van der Waals surface area contributed by atoms with Gasteiger partial charge in [-0.1, -0.05) is 0 Å². The molecule has 0 spiro atoms. The minimum atomic E-state index is -0.378. The molecule has 6 heteroatoms. The van der Waals surface area contributed by atoms with Crippen LogP contribution in [-0.2, 0) is 0 Å². The lowest BCUT2D eigenvalue weighted by Crippen LogP contribution is -2.35. The Morgan fingerprint density at radius 3 is 2.82 bits per heavy atom. The van der Waals surface area contributed by atoms with Crippen LogP contribution in [0.2, 0.25) is 0 Å². The van der Waals surface area contributed by atoms with Crippen molar-refractivity contribution in [2.45, 2.75) is 12.5 Å². The van der Waals surface area contributed by atoms with Gasteiger partial charge in [0.1, 0.15) is 5.82 Å². The molecule has 112 valence electrons. The summed E-state index contributed by atoms with van der Waals surface area (Å²) in [6, 6.07) is 8.49. The van der Waals surface area contributed by atoms with Gasteiger partial charge in [-0.15, -0.1) is 0 Å². The van der Waals surface area contributed by atoms with Gasteiger partial charge in [-0.2, -0.15) is 5.26 Å². The SMILES string of the molecule is CN(c1ncccn1)C1CCN(c2cc(F)cc(C#N)c2)C1. The Morgan fingerprint density at radius 2 is 2.09 bits per heavy atom. The molecule has 0 bridgehead atoms. The Balaban J connectivity index is 1.75. The number of nitriles is 1. The lowest BCUT2D eigenvalue weighted by Gasteiger charge is -2.25. The third-order valence-corrected chi connectivity index (χ3v) is 3.96. The predicted octanol–water partition coefficient (Wildman–Crippen LogP) is 2.20. The minimum Gasteiger partial charge on any atom is -0.369 e. The first-order valence-electron chi connectivity index (χ1n) is 7.13. The van der Waals surface area contributed by atoms with Crippen LogP contribution >= 0.6 is 0 Å². The van der Waals surface area contributed by atoms with Crippen LogP contribution in [0, 0.1) is 17.1 Å². The number of hydrogen-bond acceptors (Lipinski definition) is 5. The second-order valence-corrected chi connectivity index (χ2v) is 5.36. The summed E-state index contributed by atoms with van der Waals surface area (Å²) >= 11 is 0. The van der Waals surface area contributed by atoms with Gasteiger partial charge in [0.15, 0.2) is 0 Å². The molecule has 1 aliphatic heterocycles. The van der Waals surface area contributed by atoms with Crippen molar-refractivity contribution >= 4 is 11.6 Å². The highest BCUT2D eigenvalue weighted by atomic mass is 19.1. The number of likely N-dealkylation sites (N-methyl/N-ethyl adjacent to an activating group) is 1. The Morgan fingerprint density at radius 1 is 1.32 bits per heavy atom. The normalized spacial score (nSPS) is 17.3. The fourth-order valence-electron chi connectivity index (χ4n) is 2.75. The summed E-state index contributed by atoms with van der Waals surface area (Å²) in [4.78, 5) is 12.6. The fourth-order valence-corrected chi connectivity index (χ4v) is 2.75. The molecule has 1 atom stereocenters. The van der Waals surface area contributed by atoms with E-state index >= 15 is 0 Å². The molecule has 1 aromatic carbocycles. The summed E-state index contributed by atoms with van der Waals surface area (Å²) in [6.07, 6.45) is 4.38. The molecule has 1 fully saturated rings. The van der Waals surface area contributed by atoms with E-state index in [1.165, 1.54) is 12.1 Å². The topological polar surface area (TPSA) is 56.1 Å². The van der Waals surface area contributed by atoms with Crippen LogP contribution in [0.1, 0.15) is 12.0 Å². The Bertz CT molecular complexity index is 697. The predicted molar refractivity (Wildman–Crippen MR) is 82.2 cm³/mol. The first-order valence-corrected chi connectivity index (χ1v) is 7.13. The van der Waals surface area contributed by atoms with Gasteiger partial charge >= 0.3 is 0 Å². The van der Waals surface area contributed by atoms with Gasteiger partial charge in [0, 0.05) is 38.2 Å². The van der Waals surface area contributed by atoms with Gasteiger partial charge in [-0.05, 0) is 30.7 Å². The second-order valence-electron chi connectivity index (χ2n) is 5.36. The van der Waals surface area contributed by atoms with Crippen molar-refractivity contribution in [1.82, 2.24) is 9.97 Å². The summed E-state index contributed by atoms with van der Waals surface area (Å²) in [7, 11) is 1.97. The molecule has 0 amide bonds. The number of nitrogens with zero attached hydrogens (tertiary/aromatic N) is 5. The molecule has 1 unspecified atom stereocenters. The van der Waals surface area contributed by atoms with E-state index in [0.29, 0.717) is 11.5 Å². The second kappa shape index (κ2) is 5.98. The molecule has 5 nitrogen and oxygen atoms in total. The Hall–Kier alpha value is -2.68. The maximum absolute atomic E-state index is 13.6. The number of aromatic nitrogens is 2. The average Bonchev–Trinajstić information content (AvgIpc) is 3.04. The molecule has 1 aromatic heterocycles. The fraction of sp³-hybridized carbons (Fsp3) is 0.312. The summed E-state index contributed by atoms with van der Waals surface area (Å²) in [5.74, 6) is 0.309. The van der Waals surface area contributed by atoms with Crippen molar-refractivity contribution in [3.05, 3.63) is 48.0 Å². The molecular weight excluding hydrogens is 281 g/mol. The van der Waals surface area contributed by atoms with Crippen molar-refractivity contribution in [3.63, 3.8) is 0 Å². The van der Waals surface area contributed by atoms with Gasteiger partial charge in [-0.3, -0.25) is 0 Å². The van der Waals surface area contributed by atoms with Crippen LogP contribution in [-0.4, -0.2) is 36.1 Å². The molecule has 3 rings (SSSR count). The molecule has 0 N–H and O–H groups in total. The van der Waals surface area contributed by atoms with E-state index < -0.39 is 0 Å². The maximum Gasteiger partial charge on any atom is 0.225 e. The molecule has 22 heavy (non-hydrogen) atoms. The maximum atomic E-state index is 13.6. The van der Waals surface area contributed by atoms with E-state index in [0.717, 1.165) is 25.2 Å². The average molecular weight is 297 g/mol. The van der Waals surface area contributed by atoms with Crippen LogP contribution in [0.3, 0.4) is 0 Å². The summed E-state index contributed by atoms with van der Waals surface area (Å²) in [5, 5.41) is 8.96. The van der Waals surface area contributed by atoms with E-state index in [4.69, 9.17) is 5.26 Å². The summed E-state index contributed by atoms with van der Waals surface area (Å²) in [6.45, 7) is 1.57. The van der Waals surface area contributed by atoms with E-state index in [1.807, 2.05) is 18.0 Å². The van der Waals surface area contributed by atoms with Crippen molar-refractivity contribution < 1.29 is 4.39 Å². The van der Waals surface area contributed by atoms with Crippen molar-refractivity contribution in [2.75, 3.05) is 29.9 Å². The molecule has 1 saturated heterocycles. The number of anilines is 2. The summed E-state index contributed by atoms with van der Waals surface area (Å²) in [5.41, 5.74) is 1.10. The Labute approximate surface area is 128 Å². The zero-order valence-electron chi connectivity index (χ0n) is 12.3. The molecule has 0 radical (unpaired) electrons. The largest absolute Gasteiger partial charge is 0.369 e. The number of rotatable bonds is 3. The molecule has 1 aliphatic rings. The van der Waals surface area contributed by atoms with Gasteiger partial charge in [0.25, 0.3) is 0 Å². The zero-order chi connectivity index (χ0) is 15.5. The lowest BCUT2D eigenvalue weighted by molar-refractivity contribution is 0.626. The van der Waals surface area contributed by atoms with E-state index in [-0.39, 0.29) is 11.9 Å². The van der Waals surface area contributed by atoms with Crippen LogP contribution < -0.4 is 9.80 Å². The standard InChI is InChI=1S/C16H16FN5/c1-21(16-19-4-2-5-20-16)14-3-6-22(11-14)15-8-12(10-18)7-13(17)9-15/h2,4-5,7-9,14H,3,6,11H2,1H3. The minimum absolute atomic E-state index is 0.260. The zero-order valence-corrected chi connectivity index (χ0v) is 12.3. The monoisotopic (exact) mass is 297 g/mol. The smallest absolute Gasteiger partial charge is 0.225 e. The molecule has 0 aliphatic carbocycles. The van der Waals surface area contributed by atoms with Crippen LogP contribution in [0.25, 0.3) is 0 Å². The lowest BCUT2D eigenvalue weighted by atomic mass is 10.2. The molecule has 0 saturated carbocycles.